The van der Waals surface area contributed by atoms with Crippen molar-refractivity contribution < 1.29 is 14.3 Å². The van der Waals surface area contributed by atoms with Gasteiger partial charge in [-0.2, -0.15) is 0 Å². The molecule has 30 heavy (non-hydrogen) atoms. The standard InChI is InChI=1S/C25H20N2O3/c28-24(18-11-5-2-6-12-18)27-16-19(20-13-7-8-14-22(20)27)15-21-25(29)30-23(26-21)17-9-3-1-4-10-17/h1-14,19,21H,15-16H2. The normalized spacial score (nSPS) is 19.9. The van der Waals surface area contributed by atoms with Crippen molar-refractivity contribution in [3.8, 4) is 0 Å². The van der Waals surface area contributed by atoms with E-state index in [1.54, 1.807) is 4.90 Å². The molecule has 0 N–H and O–H groups in total. The summed E-state index contributed by atoms with van der Waals surface area (Å²) >= 11 is 0. The molecule has 0 spiro atoms. The predicted octanol–water partition coefficient (Wildman–Crippen LogP) is 4.19. The number of carbonyl (C=O) groups excluding carboxylic acids is 2. The number of amides is 1. The molecule has 2 aliphatic rings. The van der Waals surface area contributed by atoms with Gasteiger partial charge in [-0.1, -0.05) is 54.6 Å². The van der Waals surface area contributed by atoms with Gasteiger partial charge >= 0.3 is 5.97 Å². The van der Waals surface area contributed by atoms with Crippen LogP contribution in [-0.2, 0) is 9.53 Å². The molecule has 148 valence electrons. The summed E-state index contributed by atoms with van der Waals surface area (Å²) in [5, 5.41) is 0. The monoisotopic (exact) mass is 396 g/mol. The van der Waals surface area contributed by atoms with Crippen LogP contribution in [0.3, 0.4) is 0 Å². The lowest BCUT2D eigenvalue weighted by atomic mass is 9.94. The molecule has 0 radical (unpaired) electrons. The van der Waals surface area contributed by atoms with Crippen molar-refractivity contribution in [2.75, 3.05) is 11.4 Å². The van der Waals surface area contributed by atoms with Crippen LogP contribution >= 0.6 is 0 Å². The SMILES string of the molecule is O=C1OC(c2ccccc2)=NC1CC1CN(C(=O)c2ccccc2)c2ccccc21. The minimum absolute atomic E-state index is 0.0188. The highest BCUT2D eigenvalue weighted by atomic mass is 16.6. The number of aliphatic imine (C=N–C) groups is 1. The number of carbonyl (C=O) groups is 2. The molecule has 2 unspecified atom stereocenters. The summed E-state index contributed by atoms with van der Waals surface area (Å²) in [6.45, 7) is 0.521. The van der Waals surface area contributed by atoms with Crippen LogP contribution in [0.1, 0.15) is 33.8 Å². The van der Waals surface area contributed by atoms with E-state index >= 15 is 0 Å². The van der Waals surface area contributed by atoms with Crippen LogP contribution in [0, 0.1) is 0 Å². The van der Waals surface area contributed by atoms with Gasteiger partial charge in [-0.05, 0) is 42.3 Å². The maximum absolute atomic E-state index is 13.1. The lowest BCUT2D eigenvalue weighted by Crippen LogP contribution is -2.30. The van der Waals surface area contributed by atoms with Gasteiger partial charge in [0.15, 0.2) is 6.04 Å². The third-order valence-corrected chi connectivity index (χ3v) is 5.61. The Morgan fingerprint density at radius 2 is 1.60 bits per heavy atom. The third kappa shape index (κ3) is 3.28. The third-order valence-electron chi connectivity index (χ3n) is 5.61. The molecule has 2 aliphatic heterocycles. The van der Waals surface area contributed by atoms with Crippen molar-refractivity contribution in [2.24, 2.45) is 4.99 Å². The topological polar surface area (TPSA) is 59.0 Å². The smallest absolute Gasteiger partial charge is 0.337 e. The van der Waals surface area contributed by atoms with E-state index in [-0.39, 0.29) is 17.8 Å². The Bertz CT molecular complexity index is 1130. The second kappa shape index (κ2) is 7.59. The van der Waals surface area contributed by atoms with Gasteiger partial charge < -0.3 is 9.64 Å². The molecule has 2 atom stereocenters. The zero-order chi connectivity index (χ0) is 20.5. The maximum atomic E-state index is 13.1. The molecule has 0 bridgehead atoms. The number of rotatable bonds is 4. The van der Waals surface area contributed by atoms with E-state index in [2.05, 4.69) is 4.99 Å². The average Bonchev–Trinajstić information content (AvgIpc) is 3.35. The van der Waals surface area contributed by atoms with Crippen LogP contribution in [0.5, 0.6) is 0 Å². The number of esters is 1. The molecule has 1 amide bonds. The lowest BCUT2D eigenvalue weighted by Gasteiger charge is -2.18. The number of anilines is 1. The van der Waals surface area contributed by atoms with E-state index in [1.807, 2.05) is 84.9 Å². The second-order valence-electron chi connectivity index (χ2n) is 7.51. The van der Waals surface area contributed by atoms with Crippen molar-refractivity contribution in [1.29, 1.82) is 0 Å². The highest BCUT2D eigenvalue weighted by molar-refractivity contribution is 6.08. The van der Waals surface area contributed by atoms with Gasteiger partial charge in [0.1, 0.15) is 0 Å². The van der Waals surface area contributed by atoms with E-state index in [9.17, 15) is 9.59 Å². The van der Waals surface area contributed by atoms with Gasteiger partial charge in [-0.3, -0.25) is 4.79 Å². The van der Waals surface area contributed by atoms with Crippen molar-refractivity contribution in [1.82, 2.24) is 0 Å². The zero-order valence-corrected chi connectivity index (χ0v) is 16.3. The number of nitrogens with zero attached hydrogens (tertiary/aromatic N) is 2. The van der Waals surface area contributed by atoms with E-state index in [4.69, 9.17) is 4.74 Å². The number of hydrogen-bond acceptors (Lipinski definition) is 4. The van der Waals surface area contributed by atoms with Crippen molar-refractivity contribution in [2.45, 2.75) is 18.4 Å². The first-order valence-electron chi connectivity index (χ1n) is 10.0. The average molecular weight is 396 g/mol. The fourth-order valence-corrected chi connectivity index (χ4v) is 4.14. The summed E-state index contributed by atoms with van der Waals surface area (Å²) in [5.74, 6) is 0.0200. The van der Waals surface area contributed by atoms with Crippen molar-refractivity contribution >= 4 is 23.5 Å². The number of benzene rings is 3. The lowest BCUT2D eigenvalue weighted by molar-refractivity contribution is -0.135. The molecule has 0 saturated heterocycles. The van der Waals surface area contributed by atoms with Crippen LogP contribution in [0.15, 0.2) is 89.9 Å². The Morgan fingerprint density at radius 3 is 2.37 bits per heavy atom. The first-order chi connectivity index (χ1) is 14.7. The first kappa shape index (κ1) is 18.3. The van der Waals surface area contributed by atoms with Gasteiger partial charge in [0.2, 0.25) is 5.90 Å². The van der Waals surface area contributed by atoms with Crippen LogP contribution in [-0.4, -0.2) is 30.4 Å². The number of ether oxygens (including phenoxy) is 1. The van der Waals surface area contributed by atoms with Gasteiger partial charge in [0, 0.05) is 29.3 Å². The van der Waals surface area contributed by atoms with E-state index < -0.39 is 6.04 Å². The Balaban J connectivity index is 1.40. The number of fused-ring (bicyclic) bond motifs is 1. The molecule has 5 rings (SSSR count). The fraction of sp³-hybridized carbons (Fsp3) is 0.160. The van der Waals surface area contributed by atoms with Crippen LogP contribution in [0.4, 0.5) is 5.69 Å². The van der Waals surface area contributed by atoms with E-state index in [1.165, 1.54) is 0 Å². The zero-order valence-electron chi connectivity index (χ0n) is 16.3. The Labute approximate surface area is 174 Å². The quantitative estimate of drug-likeness (QED) is 0.621. The fourth-order valence-electron chi connectivity index (χ4n) is 4.14. The highest BCUT2D eigenvalue weighted by Gasteiger charge is 2.38. The minimum atomic E-state index is -0.565. The summed E-state index contributed by atoms with van der Waals surface area (Å²) in [5.41, 5.74) is 3.41. The van der Waals surface area contributed by atoms with Gasteiger partial charge in [-0.15, -0.1) is 0 Å². The Morgan fingerprint density at radius 1 is 0.933 bits per heavy atom. The van der Waals surface area contributed by atoms with E-state index in [0.717, 1.165) is 16.8 Å². The maximum Gasteiger partial charge on any atom is 0.337 e. The minimum Gasteiger partial charge on any atom is -0.406 e. The summed E-state index contributed by atoms with van der Waals surface area (Å²) in [4.78, 5) is 31.9. The number of hydrogen-bond donors (Lipinski definition) is 0. The van der Waals surface area contributed by atoms with Crippen LogP contribution in [0.2, 0.25) is 0 Å². The Kier molecular flexibility index (Phi) is 4.64. The summed E-state index contributed by atoms with van der Waals surface area (Å²) in [6.07, 6.45) is 0.505. The molecule has 0 saturated carbocycles. The molecular weight excluding hydrogens is 376 g/mol. The van der Waals surface area contributed by atoms with Crippen molar-refractivity contribution in [3.63, 3.8) is 0 Å². The molecule has 5 heteroatoms. The van der Waals surface area contributed by atoms with Gasteiger partial charge in [0.25, 0.3) is 5.91 Å². The molecule has 5 nitrogen and oxygen atoms in total. The summed E-state index contributed by atoms with van der Waals surface area (Å²) < 4.78 is 5.43. The Hall–Kier alpha value is -3.73. The first-order valence-corrected chi connectivity index (χ1v) is 10.0. The van der Waals surface area contributed by atoms with Gasteiger partial charge in [-0.25, -0.2) is 9.79 Å². The highest BCUT2D eigenvalue weighted by Crippen LogP contribution is 2.40. The second-order valence-corrected chi connectivity index (χ2v) is 7.51. The molecule has 3 aromatic rings. The largest absolute Gasteiger partial charge is 0.406 e. The van der Waals surface area contributed by atoms with Crippen LogP contribution in [0.25, 0.3) is 0 Å². The number of para-hydroxylation sites is 1. The number of cyclic esters (lactones) is 1. The molecule has 2 heterocycles. The molecule has 0 aliphatic carbocycles. The molecular formula is C25H20N2O3. The molecule has 0 fully saturated rings. The van der Waals surface area contributed by atoms with Crippen molar-refractivity contribution in [3.05, 3.63) is 102 Å². The van der Waals surface area contributed by atoms with E-state index in [0.29, 0.717) is 24.4 Å². The van der Waals surface area contributed by atoms with Gasteiger partial charge in [0.05, 0.1) is 0 Å². The summed E-state index contributed by atoms with van der Waals surface area (Å²) in [7, 11) is 0. The predicted molar refractivity (Wildman–Crippen MR) is 115 cm³/mol. The summed E-state index contributed by atoms with van der Waals surface area (Å²) in [6, 6.07) is 26.0. The molecule has 3 aromatic carbocycles. The van der Waals surface area contributed by atoms with Crippen LogP contribution < -0.4 is 4.90 Å². The molecule has 0 aromatic heterocycles.